The molecule has 1 aromatic carbocycles. The van der Waals surface area contributed by atoms with Gasteiger partial charge in [-0.15, -0.1) is 0 Å². The summed E-state index contributed by atoms with van der Waals surface area (Å²) in [6, 6.07) is 4.84. The number of carbonyl (C=O) groups is 1. The molecule has 0 aliphatic heterocycles. The normalized spacial score (nSPS) is 19.2. The number of hydrogen-bond donors (Lipinski definition) is 2. The fourth-order valence-corrected chi connectivity index (χ4v) is 2.54. The fraction of sp³-hybridized carbons (Fsp3) is 0.438. The molecule has 120 valence electrons. The van der Waals surface area contributed by atoms with E-state index in [2.05, 4.69) is 5.32 Å². The smallest absolute Gasteiger partial charge is 0.387 e. The highest BCUT2D eigenvalue weighted by Crippen LogP contribution is 2.34. The predicted octanol–water partition coefficient (Wildman–Crippen LogP) is 3.21. The highest BCUT2D eigenvalue weighted by molar-refractivity contribution is 5.76. The van der Waals surface area contributed by atoms with Crippen molar-refractivity contribution in [2.24, 2.45) is 5.92 Å². The molecule has 1 aliphatic rings. The van der Waals surface area contributed by atoms with Crippen molar-refractivity contribution in [1.82, 2.24) is 5.32 Å². The lowest BCUT2D eigenvalue weighted by molar-refractivity contribution is -0.139. The van der Waals surface area contributed by atoms with Crippen molar-refractivity contribution in [2.45, 2.75) is 31.5 Å². The Balaban J connectivity index is 1.93. The summed E-state index contributed by atoms with van der Waals surface area (Å²) < 4.78 is 38.6. The summed E-state index contributed by atoms with van der Waals surface area (Å²) in [5.41, 5.74) is -1.11. The molecule has 0 saturated heterocycles. The molecular weight excluding hydrogens is 295 g/mol. The van der Waals surface area contributed by atoms with Crippen LogP contribution in [-0.2, 0) is 11.0 Å². The number of allylic oxidation sites excluding steroid dienone is 2. The molecule has 0 heterocycles. The molecule has 1 aromatic rings. The van der Waals surface area contributed by atoms with Crippen molar-refractivity contribution >= 4 is 5.91 Å². The zero-order valence-electron chi connectivity index (χ0n) is 11.9. The van der Waals surface area contributed by atoms with Gasteiger partial charge in [0.15, 0.2) is 0 Å². The lowest BCUT2D eigenvalue weighted by Gasteiger charge is -2.18. The van der Waals surface area contributed by atoms with Gasteiger partial charge in [-0.25, -0.2) is 0 Å². The second-order valence-corrected chi connectivity index (χ2v) is 5.37. The van der Waals surface area contributed by atoms with Crippen LogP contribution in [0.5, 0.6) is 0 Å². The van der Waals surface area contributed by atoms with E-state index >= 15 is 0 Å². The fourth-order valence-electron chi connectivity index (χ4n) is 2.54. The van der Waals surface area contributed by atoms with Crippen molar-refractivity contribution in [3.8, 4) is 0 Å². The summed E-state index contributed by atoms with van der Waals surface area (Å²) in [7, 11) is 0. The summed E-state index contributed by atoms with van der Waals surface area (Å²) in [4.78, 5) is 11.7. The molecule has 0 bridgehead atoms. The van der Waals surface area contributed by atoms with Crippen LogP contribution in [0, 0.1) is 5.92 Å². The van der Waals surface area contributed by atoms with Crippen LogP contribution in [0.4, 0.5) is 13.2 Å². The zero-order valence-corrected chi connectivity index (χ0v) is 11.9. The standard InChI is InChI=1S/C16H18F3NO2/c17-16(18,19)13-8-4-3-7-12(13)14(21)10-20-15(22)9-11-5-1-2-6-11/h1,3-5,7-8,11,14,21H,2,6,9-10H2,(H,20,22)/t11-,14+/m0/s1. The van der Waals surface area contributed by atoms with Gasteiger partial charge in [-0.1, -0.05) is 30.4 Å². The van der Waals surface area contributed by atoms with Gasteiger partial charge in [0.2, 0.25) is 5.91 Å². The lowest BCUT2D eigenvalue weighted by Crippen LogP contribution is -2.30. The Labute approximate surface area is 126 Å². The summed E-state index contributed by atoms with van der Waals surface area (Å²) in [6.45, 7) is -0.234. The Morgan fingerprint density at radius 2 is 2.09 bits per heavy atom. The monoisotopic (exact) mass is 313 g/mol. The van der Waals surface area contributed by atoms with E-state index in [1.165, 1.54) is 18.2 Å². The number of hydrogen-bond acceptors (Lipinski definition) is 2. The topological polar surface area (TPSA) is 49.3 Å². The number of benzene rings is 1. The van der Waals surface area contributed by atoms with Gasteiger partial charge in [0, 0.05) is 13.0 Å². The Bertz CT molecular complexity index is 555. The van der Waals surface area contributed by atoms with Gasteiger partial charge in [-0.2, -0.15) is 13.2 Å². The molecule has 0 unspecified atom stereocenters. The van der Waals surface area contributed by atoms with Gasteiger partial charge in [0.05, 0.1) is 11.7 Å². The maximum absolute atomic E-state index is 12.9. The number of carbonyl (C=O) groups excluding carboxylic acids is 1. The van der Waals surface area contributed by atoms with Crippen LogP contribution < -0.4 is 5.32 Å². The molecule has 2 atom stereocenters. The molecule has 22 heavy (non-hydrogen) atoms. The van der Waals surface area contributed by atoms with Crippen molar-refractivity contribution < 1.29 is 23.1 Å². The van der Waals surface area contributed by atoms with Gasteiger partial charge in [0.1, 0.15) is 0 Å². The first-order chi connectivity index (χ1) is 10.4. The van der Waals surface area contributed by atoms with Crippen LogP contribution in [0.3, 0.4) is 0 Å². The van der Waals surface area contributed by atoms with Crippen molar-refractivity contribution in [3.05, 3.63) is 47.5 Å². The largest absolute Gasteiger partial charge is 0.416 e. The third kappa shape index (κ3) is 4.34. The summed E-state index contributed by atoms with van der Waals surface area (Å²) in [5, 5.41) is 12.4. The second-order valence-electron chi connectivity index (χ2n) is 5.37. The van der Waals surface area contributed by atoms with E-state index in [9.17, 15) is 23.1 Å². The Kier molecular flexibility index (Phi) is 5.24. The van der Waals surface area contributed by atoms with Crippen LogP contribution in [-0.4, -0.2) is 17.6 Å². The van der Waals surface area contributed by atoms with Gasteiger partial charge in [0.25, 0.3) is 0 Å². The maximum Gasteiger partial charge on any atom is 0.416 e. The van der Waals surface area contributed by atoms with Crippen molar-refractivity contribution in [1.29, 1.82) is 0 Å². The Morgan fingerprint density at radius 3 is 2.73 bits per heavy atom. The molecule has 0 aromatic heterocycles. The Morgan fingerprint density at radius 1 is 1.36 bits per heavy atom. The third-order valence-corrected chi connectivity index (χ3v) is 3.68. The molecule has 0 radical (unpaired) electrons. The molecular formula is C16H18F3NO2. The average molecular weight is 313 g/mol. The highest BCUT2D eigenvalue weighted by atomic mass is 19.4. The van der Waals surface area contributed by atoms with Crippen molar-refractivity contribution in [2.75, 3.05) is 6.54 Å². The minimum absolute atomic E-state index is 0.180. The third-order valence-electron chi connectivity index (χ3n) is 3.68. The minimum atomic E-state index is -4.53. The van der Waals surface area contributed by atoms with E-state index in [1.807, 2.05) is 12.2 Å². The van der Waals surface area contributed by atoms with Gasteiger partial charge < -0.3 is 10.4 Å². The van der Waals surface area contributed by atoms with Crippen LogP contribution in [0.15, 0.2) is 36.4 Å². The quantitative estimate of drug-likeness (QED) is 0.820. The van der Waals surface area contributed by atoms with Crippen molar-refractivity contribution in [3.63, 3.8) is 0 Å². The average Bonchev–Trinajstić information content (AvgIpc) is 2.96. The molecule has 2 rings (SSSR count). The molecule has 0 fully saturated rings. The van der Waals surface area contributed by atoms with Gasteiger partial charge in [-0.3, -0.25) is 4.79 Å². The molecule has 3 nitrogen and oxygen atoms in total. The van der Waals surface area contributed by atoms with E-state index in [4.69, 9.17) is 0 Å². The molecule has 0 spiro atoms. The van der Waals surface area contributed by atoms with E-state index < -0.39 is 17.8 Å². The highest BCUT2D eigenvalue weighted by Gasteiger charge is 2.34. The van der Waals surface area contributed by atoms with Gasteiger partial charge >= 0.3 is 6.18 Å². The van der Waals surface area contributed by atoms with E-state index in [-0.39, 0.29) is 23.9 Å². The van der Waals surface area contributed by atoms with E-state index in [1.54, 1.807) is 0 Å². The SMILES string of the molecule is O=C(C[C@H]1C=CCC1)NC[C@@H](O)c1ccccc1C(F)(F)F. The second kappa shape index (κ2) is 6.96. The first kappa shape index (κ1) is 16.5. The molecule has 1 amide bonds. The summed E-state index contributed by atoms with van der Waals surface area (Å²) in [6.07, 6.45) is 0.203. The first-order valence-corrected chi connectivity index (χ1v) is 7.15. The summed E-state index contributed by atoms with van der Waals surface area (Å²) >= 11 is 0. The number of amides is 1. The van der Waals surface area contributed by atoms with E-state index in [0.717, 1.165) is 18.9 Å². The number of alkyl halides is 3. The zero-order chi connectivity index (χ0) is 16.2. The van der Waals surface area contributed by atoms with Crippen LogP contribution in [0.1, 0.15) is 36.5 Å². The molecule has 0 saturated carbocycles. The number of halogens is 3. The Hall–Kier alpha value is -1.82. The van der Waals surface area contributed by atoms with Crippen LogP contribution >= 0.6 is 0 Å². The molecule has 1 aliphatic carbocycles. The number of aliphatic hydroxyl groups is 1. The van der Waals surface area contributed by atoms with Crippen LogP contribution in [0.2, 0.25) is 0 Å². The number of nitrogens with one attached hydrogen (secondary N) is 1. The number of rotatable bonds is 5. The lowest BCUT2D eigenvalue weighted by atomic mass is 10.0. The van der Waals surface area contributed by atoms with Gasteiger partial charge in [-0.05, 0) is 30.4 Å². The van der Waals surface area contributed by atoms with E-state index in [0.29, 0.717) is 6.42 Å². The van der Waals surface area contributed by atoms with Crippen LogP contribution in [0.25, 0.3) is 0 Å². The number of aliphatic hydroxyl groups excluding tert-OH is 1. The molecule has 6 heteroatoms. The molecule has 2 N–H and O–H groups in total. The minimum Gasteiger partial charge on any atom is -0.387 e. The summed E-state index contributed by atoms with van der Waals surface area (Å²) in [5.74, 6) is -0.0836. The maximum atomic E-state index is 12.9. The predicted molar refractivity (Wildman–Crippen MR) is 75.9 cm³/mol. The first-order valence-electron chi connectivity index (χ1n) is 7.15.